The minimum atomic E-state index is -0.653. The van der Waals surface area contributed by atoms with Crippen LogP contribution in [0, 0.1) is 0 Å². The molecule has 0 aliphatic rings. The van der Waals surface area contributed by atoms with Crippen molar-refractivity contribution in [2.24, 2.45) is 5.73 Å². The zero-order valence-electron chi connectivity index (χ0n) is 12.8. The van der Waals surface area contributed by atoms with Gasteiger partial charge in [-0.1, -0.05) is 60.7 Å². The number of primary amides is 1. The van der Waals surface area contributed by atoms with Crippen LogP contribution in [0.25, 0.3) is 12.2 Å². The zero-order chi connectivity index (χ0) is 16.7. The first-order valence-electron chi connectivity index (χ1n) is 7.17. The summed E-state index contributed by atoms with van der Waals surface area (Å²) in [5, 5.41) is 2.55. The van der Waals surface area contributed by atoms with Gasteiger partial charge in [0.1, 0.15) is 0 Å². The maximum atomic E-state index is 12.2. The first-order chi connectivity index (χ1) is 11.1. The maximum absolute atomic E-state index is 12.2. The Bertz CT molecular complexity index is 747. The van der Waals surface area contributed by atoms with Gasteiger partial charge in [0.25, 0.3) is 5.91 Å². The van der Waals surface area contributed by atoms with Gasteiger partial charge in [0.2, 0.25) is 5.91 Å². The van der Waals surface area contributed by atoms with Crippen molar-refractivity contribution in [2.45, 2.75) is 0 Å². The topological polar surface area (TPSA) is 72.2 Å². The van der Waals surface area contributed by atoms with Crippen molar-refractivity contribution in [3.8, 4) is 0 Å². The summed E-state index contributed by atoms with van der Waals surface area (Å²) in [5.41, 5.74) is 7.51. The van der Waals surface area contributed by atoms with Gasteiger partial charge in [0.05, 0.1) is 11.1 Å². The van der Waals surface area contributed by atoms with Crippen LogP contribution in [-0.4, -0.2) is 18.9 Å². The number of nitrogens with one attached hydrogen (secondary N) is 1. The van der Waals surface area contributed by atoms with Gasteiger partial charge >= 0.3 is 0 Å². The molecule has 2 amide bonds. The highest BCUT2D eigenvalue weighted by Gasteiger charge is 2.18. The third-order valence-corrected chi connectivity index (χ3v) is 3.25. The molecule has 0 unspecified atom stereocenters. The molecule has 0 fully saturated rings. The Kier molecular flexibility index (Phi) is 5.47. The van der Waals surface area contributed by atoms with E-state index in [0.29, 0.717) is 0 Å². The summed E-state index contributed by atoms with van der Waals surface area (Å²) in [5.74, 6) is -1.02. The van der Waals surface area contributed by atoms with Crippen LogP contribution in [0.5, 0.6) is 0 Å². The molecule has 2 aromatic carbocycles. The summed E-state index contributed by atoms with van der Waals surface area (Å²) in [4.78, 5) is 24.1. The summed E-state index contributed by atoms with van der Waals surface area (Å²) >= 11 is 0. The van der Waals surface area contributed by atoms with E-state index in [1.807, 2.05) is 60.7 Å². The van der Waals surface area contributed by atoms with Crippen LogP contribution in [0.3, 0.4) is 0 Å². The Labute approximate surface area is 135 Å². The summed E-state index contributed by atoms with van der Waals surface area (Å²) in [6.45, 7) is 0. The van der Waals surface area contributed by atoms with Crippen molar-refractivity contribution in [1.82, 2.24) is 5.32 Å². The lowest BCUT2D eigenvalue weighted by molar-refractivity contribution is -0.118. The van der Waals surface area contributed by atoms with Crippen molar-refractivity contribution in [2.75, 3.05) is 7.05 Å². The van der Waals surface area contributed by atoms with E-state index in [1.54, 1.807) is 12.2 Å². The molecule has 4 heteroatoms. The van der Waals surface area contributed by atoms with E-state index in [2.05, 4.69) is 5.32 Å². The van der Waals surface area contributed by atoms with Crippen LogP contribution in [0.4, 0.5) is 0 Å². The van der Waals surface area contributed by atoms with Crippen molar-refractivity contribution < 1.29 is 9.59 Å². The molecule has 116 valence electrons. The second-order valence-corrected chi connectivity index (χ2v) is 4.88. The molecule has 0 atom stereocenters. The molecule has 4 nitrogen and oxygen atoms in total. The number of carbonyl (C=O) groups is 2. The molecule has 2 aromatic rings. The number of benzene rings is 2. The number of carbonyl (C=O) groups excluding carboxylic acids is 2. The second-order valence-electron chi connectivity index (χ2n) is 4.88. The maximum Gasteiger partial charge on any atom is 0.251 e. The van der Waals surface area contributed by atoms with Gasteiger partial charge in [-0.05, 0) is 23.3 Å². The van der Waals surface area contributed by atoms with E-state index >= 15 is 0 Å². The Morgan fingerprint density at radius 1 is 0.826 bits per heavy atom. The van der Waals surface area contributed by atoms with Crippen molar-refractivity contribution >= 4 is 24.0 Å². The summed E-state index contributed by atoms with van der Waals surface area (Å²) in [6, 6.07) is 18.6. The lowest BCUT2D eigenvalue weighted by Gasteiger charge is -2.09. The summed E-state index contributed by atoms with van der Waals surface area (Å²) in [7, 11) is 1.52. The molecular formula is C19H18N2O2. The quantitative estimate of drug-likeness (QED) is 0.657. The number of rotatable bonds is 5. The van der Waals surface area contributed by atoms with Gasteiger partial charge in [-0.15, -0.1) is 0 Å². The van der Waals surface area contributed by atoms with Gasteiger partial charge in [-0.3, -0.25) is 9.59 Å². The van der Waals surface area contributed by atoms with Crippen LogP contribution in [0.1, 0.15) is 11.1 Å². The molecule has 3 N–H and O–H groups in total. The lowest BCUT2D eigenvalue weighted by atomic mass is 9.99. The molecule has 2 rings (SSSR count). The van der Waals surface area contributed by atoms with E-state index in [0.717, 1.165) is 11.1 Å². The average molecular weight is 306 g/mol. The first kappa shape index (κ1) is 16.2. The predicted octanol–water partition coefficient (Wildman–Crippen LogP) is 2.38. The van der Waals surface area contributed by atoms with Crippen LogP contribution in [-0.2, 0) is 9.59 Å². The third kappa shape index (κ3) is 4.41. The molecule has 0 saturated heterocycles. The molecule has 0 radical (unpaired) electrons. The molecule has 23 heavy (non-hydrogen) atoms. The molecule has 0 spiro atoms. The van der Waals surface area contributed by atoms with Crippen molar-refractivity contribution in [3.63, 3.8) is 0 Å². The second kappa shape index (κ2) is 7.75. The van der Waals surface area contributed by atoms with Gasteiger partial charge < -0.3 is 11.1 Å². The van der Waals surface area contributed by atoms with Crippen LogP contribution in [0.2, 0.25) is 0 Å². The fourth-order valence-corrected chi connectivity index (χ4v) is 2.11. The minimum absolute atomic E-state index is 0.166. The van der Waals surface area contributed by atoms with E-state index in [4.69, 9.17) is 5.73 Å². The highest BCUT2D eigenvalue weighted by molar-refractivity contribution is 6.15. The average Bonchev–Trinajstić information content (AvgIpc) is 2.59. The zero-order valence-corrected chi connectivity index (χ0v) is 12.8. The van der Waals surface area contributed by atoms with E-state index in [-0.39, 0.29) is 17.1 Å². The molecule has 0 aliphatic carbocycles. The number of amides is 2. The fourth-order valence-electron chi connectivity index (χ4n) is 2.11. The van der Waals surface area contributed by atoms with Crippen LogP contribution >= 0.6 is 0 Å². The molecule has 0 aromatic heterocycles. The van der Waals surface area contributed by atoms with Gasteiger partial charge in [0, 0.05) is 7.05 Å². The normalized spacial score (nSPS) is 11.9. The van der Waals surface area contributed by atoms with Gasteiger partial charge in [-0.25, -0.2) is 0 Å². The van der Waals surface area contributed by atoms with Crippen LogP contribution in [0.15, 0.2) is 71.8 Å². The standard InChI is InChI=1S/C19H18N2O2/c1-21-19(23)17(13-15-10-6-3-7-11-15)16(18(20)22)12-14-8-4-2-5-9-14/h2-13H,1H3,(H2,20,22)(H,21,23). The number of likely N-dealkylation sites (N-methyl/N-ethyl adjacent to an activating group) is 1. The SMILES string of the molecule is CNC(=O)C(=Cc1ccccc1)C(=Cc1ccccc1)C(N)=O. The lowest BCUT2D eigenvalue weighted by Crippen LogP contribution is -2.26. The summed E-state index contributed by atoms with van der Waals surface area (Å²) in [6.07, 6.45) is 3.27. The Hall–Kier alpha value is -3.14. The molecule has 0 bridgehead atoms. The Balaban J connectivity index is 2.55. The van der Waals surface area contributed by atoms with E-state index in [9.17, 15) is 9.59 Å². The molecule has 0 heterocycles. The van der Waals surface area contributed by atoms with E-state index < -0.39 is 5.91 Å². The summed E-state index contributed by atoms with van der Waals surface area (Å²) < 4.78 is 0. The molecular weight excluding hydrogens is 288 g/mol. The van der Waals surface area contributed by atoms with Gasteiger partial charge in [-0.2, -0.15) is 0 Å². The van der Waals surface area contributed by atoms with E-state index in [1.165, 1.54) is 7.05 Å². The minimum Gasteiger partial charge on any atom is -0.366 e. The fraction of sp³-hybridized carbons (Fsp3) is 0.0526. The van der Waals surface area contributed by atoms with Crippen molar-refractivity contribution in [1.29, 1.82) is 0 Å². The first-order valence-corrected chi connectivity index (χ1v) is 7.17. The largest absolute Gasteiger partial charge is 0.366 e. The number of nitrogens with two attached hydrogens (primary N) is 1. The predicted molar refractivity (Wildman–Crippen MR) is 92.1 cm³/mol. The Morgan fingerprint density at radius 2 is 1.26 bits per heavy atom. The monoisotopic (exact) mass is 306 g/mol. The molecule has 0 saturated carbocycles. The molecule has 0 aliphatic heterocycles. The third-order valence-electron chi connectivity index (χ3n) is 3.25. The highest BCUT2D eigenvalue weighted by Crippen LogP contribution is 2.18. The van der Waals surface area contributed by atoms with Crippen LogP contribution < -0.4 is 11.1 Å². The Morgan fingerprint density at radius 3 is 1.65 bits per heavy atom. The number of hydrogen-bond donors (Lipinski definition) is 2. The highest BCUT2D eigenvalue weighted by atomic mass is 16.2. The van der Waals surface area contributed by atoms with Gasteiger partial charge in [0.15, 0.2) is 0 Å². The number of hydrogen-bond acceptors (Lipinski definition) is 2. The smallest absolute Gasteiger partial charge is 0.251 e. The van der Waals surface area contributed by atoms with Crippen molar-refractivity contribution in [3.05, 3.63) is 82.9 Å².